The van der Waals surface area contributed by atoms with Gasteiger partial charge in [0.05, 0.1) is 11.8 Å². The van der Waals surface area contributed by atoms with Gasteiger partial charge in [0.25, 0.3) is 0 Å². The molecule has 1 aliphatic carbocycles. The van der Waals surface area contributed by atoms with Crippen molar-refractivity contribution < 1.29 is 14.6 Å². The summed E-state index contributed by atoms with van der Waals surface area (Å²) in [5, 5.41) is 16.8. The molecule has 1 aliphatic heterocycles. The van der Waals surface area contributed by atoms with Crippen molar-refractivity contribution in [3.8, 4) is 16.9 Å². The molecule has 1 heterocycles. The van der Waals surface area contributed by atoms with Gasteiger partial charge in [0.1, 0.15) is 11.9 Å². The fourth-order valence-corrected chi connectivity index (χ4v) is 4.42. The van der Waals surface area contributed by atoms with Gasteiger partial charge in [-0.15, -0.1) is 0 Å². The molecule has 0 saturated carbocycles. The zero-order valence-electron chi connectivity index (χ0n) is 15.2. The van der Waals surface area contributed by atoms with Gasteiger partial charge in [-0.3, -0.25) is 10.2 Å². The van der Waals surface area contributed by atoms with Crippen LogP contribution in [0.25, 0.3) is 11.1 Å². The Labute approximate surface area is 158 Å². The molecule has 0 amide bonds. The lowest BCUT2D eigenvalue weighted by Crippen LogP contribution is -2.16. The Balaban J connectivity index is 1.56. The molecule has 4 rings (SSSR count). The second kappa shape index (κ2) is 7.06. The molecule has 0 radical (unpaired) electrons. The normalized spacial score (nSPS) is 23.0. The molecule has 2 aromatic carbocycles. The summed E-state index contributed by atoms with van der Waals surface area (Å²) in [6.07, 6.45) is 3.78. The number of carbonyl (C=O) groups is 1. The minimum absolute atomic E-state index is 0.0552. The van der Waals surface area contributed by atoms with Crippen LogP contribution in [0, 0.1) is 11.3 Å². The standard InChI is InChI=1S/C22H24N2O3/c23-20(24)4-2-1-3-17-21-18-11-14(13-7-9-16(25)10-8-13)5-6-15(18)12-19(21)27-22(17)26/h5-11,17,19,21,25H,1-4,12H2,(H3,23,24)/t17-,19+,21+/m1/s1. The fraction of sp³-hybridized carbons (Fsp3) is 0.364. The minimum Gasteiger partial charge on any atom is -0.508 e. The number of nitrogens with one attached hydrogen (secondary N) is 1. The summed E-state index contributed by atoms with van der Waals surface area (Å²) in [6.45, 7) is 0. The second-order valence-corrected chi connectivity index (χ2v) is 7.54. The largest absolute Gasteiger partial charge is 0.508 e. The van der Waals surface area contributed by atoms with Crippen molar-refractivity contribution in [2.45, 2.75) is 44.1 Å². The van der Waals surface area contributed by atoms with E-state index in [1.54, 1.807) is 12.1 Å². The average Bonchev–Trinajstić information content (AvgIpc) is 3.13. The summed E-state index contributed by atoms with van der Waals surface area (Å²) in [5.41, 5.74) is 10.0. The Hall–Kier alpha value is -2.82. The van der Waals surface area contributed by atoms with E-state index in [0.717, 1.165) is 36.8 Å². The van der Waals surface area contributed by atoms with Gasteiger partial charge in [-0.1, -0.05) is 36.8 Å². The lowest BCUT2D eigenvalue weighted by atomic mass is 9.84. The van der Waals surface area contributed by atoms with E-state index < -0.39 is 0 Å². The molecule has 27 heavy (non-hydrogen) atoms. The number of phenols is 1. The van der Waals surface area contributed by atoms with Crippen LogP contribution in [-0.2, 0) is 16.0 Å². The van der Waals surface area contributed by atoms with Crippen molar-refractivity contribution in [2.24, 2.45) is 11.7 Å². The Kier molecular flexibility index (Phi) is 4.60. The smallest absolute Gasteiger partial charge is 0.310 e. The summed E-state index contributed by atoms with van der Waals surface area (Å²) >= 11 is 0. The molecule has 0 aromatic heterocycles. The number of amidine groups is 1. The van der Waals surface area contributed by atoms with E-state index in [4.69, 9.17) is 15.9 Å². The highest BCUT2D eigenvalue weighted by atomic mass is 16.6. The molecule has 3 atom stereocenters. The topological polar surface area (TPSA) is 96.4 Å². The van der Waals surface area contributed by atoms with Crippen LogP contribution in [0.15, 0.2) is 42.5 Å². The molecule has 5 nitrogen and oxygen atoms in total. The first-order chi connectivity index (χ1) is 13.0. The molecular weight excluding hydrogens is 340 g/mol. The maximum absolute atomic E-state index is 12.4. The van der Waals surface area contributed by atoms with Crippen molar-refractivity contribution in [3.63, 3.8) is 0 Å². The molecular formula is C22H24N2O3. The highest BCUT2D eigenvalue weighted by Gasteiger charge is 2.49. The number of hydrogen-bond donors (Lipinski definition) is 3. The number of ether oxygens (including phenoxy) is 1. The lowest BCUT2D eigenvalue weighted by molar-refractivity contribution is -0.144. The minimum atomic E-state index is -0.113. The van der Waals surface area contributed by atoms with E-state index in [2.05, 4.69) is 18.2 Å². The molecule has 1 fully saturated rings. The first kappa shape index (κ1) is 17.6. The Bertz CT molecular complexity index is 876. The van der Waals surface area contributed by atoms with Crippen molar-refractivity contribution in [1.29, 1.82) is 5.41 Å². The Morgan fingerprint density at radius 1 is 1.15 bits per heavy atom. The van der Waals surface area contributed by atoms with Crippen molar-refractivity contribution in [1.82, 2.24) is 0 Å². The van der Waals surface area contributed by atoms with Crippen molar-refractivity contribution in [3.05, 3.63) is 53.6 Å². The number of unbranched alkanes of at least 4 members (excludes halogenated alkanes) is 1. The van der Waals surface area contributed by atoms with Crippen LogP contribution in [0.1, 0.15) is 42.7 Å². The van der Waals surface area contributed by atoms with E-state index in [9.17, 15) is 9.90 Å². The molecule has 0 spiro atoms. The van der Waals surface area contributed by atoms with Gasteiger partial charge in [0, 0.05) is 18.8 Å². The number of nitrogens with two attached hydrogens (primary N) is 1. The maximum atomic E-state index is 12.4. The monoisotopic (exact) mass is 364 g/mol. The van der Waals surface area contributed by atoms with Crippen molar-refractivity contribution in [2.75, 3.05) is 0 Å². The fourth-order valence-electron chi connectivity index (χ4n) is 4.42. The first-order valence-corrected chi connectivity index (χ1v) is 9.48. The number of aromatic hydroxyl groups is 1. The van der Waals surface area contributed by atoms with Gasteiger partial charge in [-0.2, -0.15) is 0 Å². The Morgan fingerprint density at radius 3 is 2.63 bits per heavy atom. The Morgan fingerprint density at radius 2 is 1.89 bits per heavy atom. The highest BCUT2D eigenvalue weighted by Crippen LogP contribution is 2.48. The van der Waals surface area contributed by atoms with Gasteiger partial charge >= 0.3 is 5.97 Å². The number of rotatable bonds is 6. The molecule has 4 N–H and O–H groups in total. The SMILES string of the molecule is N=C(N)CCCC[C@H]1C(=O)O[C@H]2Cc3ccc(-c4ccc(O)cc4)cc3[C@@H]21. The van der Waals surface area contributed by atoms with E-state index in [-0.39, 0.29) is 35.5 Å². The number of benzene rings is 2. The zero-order valence-corrected chi connectivity index (χ0v) is 15.2. The van der Waals surface area contributed by atoms with Crippen LogP contribution in [0.2, 0.25) is 0 Å². The number of phenolic OH excluding ortho intramolecular Hbond substituents is 1. The number of hydrogen-bond acceptors (Lipinski definition) is 4. The molecule has 0 bridgehead atoms. The quantitative estimate of drug-likeness (QED) is 0.315. The average molecular weight is 364 g/mol. The lowest BCUT2D eigenvalue weighted by Gasteiger charge is -2.16. The first-order valence-electron chi connectivity index (χ1n) is 9.48. The highest BCUT2D eigenvalue weighted by molar-refractivity contribution is 5.78. The molecule has 2 aliphatic rings. The zero-order chi connectivity index (χ0) is 19.0. The summed E-state index contributed by atoms with van der Waals surface area (Å²) in [6, 6.07) is 13.6. The molecule has 5 heteroatoms. The maximum Gasteiger partial charge on any atom is 0.310 e. The third kappa shape index (κ3) is 3.42. The van der Waals surface area contributed by atoms with Crippen LogP contribution in [0.5, 0.6) is 5.75 Å². The van der Waals surface area contributed by atoms with Gasteiger partial charge in [0.15, 0.2) is 0 Å². The second-order valence-electron chi connectivity index (χ2n) is 7.54. The summed E-state index contributed by atoms with van der Waals surface area (Å²) in [7, 11) is 0. The number of esters is 1. The van der Waals surface area contributed by atoms with Gasteiger partial charge in [-0.05, 0) is 47.2 Å². The number of fused-ring (bicyclic) bond motifs is 3. The van der Waals surface area contributed by atoms with Crippen LogP contribution < -0.4 is 5.73 Å². The van der Waals surface area contributed by atoms with E-state index in [1.165, 1.54) is 11.1 Å². The molecule has 2 aromatic rings. The molecule has 1 saturated heterocycles. The van der Waals surface area contributed by atoms with E-state index in [1.807, 2.05) is 12.1 Å². The summed E-state index contributed by atoms with van der Waals surface area (Å²) in [5.74, 6) is 0.362. The van der Waals surface area contributed by atoms with Crippen LogP contribution in [0.4, 0.5) is 0 Å². The van der Waals surface area contributed by atoms with Crippen LogP contribution in [-0.4, -0.2) is 23.0 Å². The predicted octanol–water partition coefficient (Wildman–Crippen LogP) is 3.74. The van der Waals surface area contributed by atoms with Gasteiger partial charge < -0.3 is 15.6 Å². The molecule has 0 unspecified atom stereocenters. The van der Waals surface area contributed by atoms with Crippen LogP contribution in [0.3, 0.4) is 0 Å². The third-order valence-corrected chi connectivity index (χ3v) is 5.74. The summed E-state index contributed by atoms with van der Waals surface area (Å²) in [4.78, 5) is 12.4. The predicted molar refractivity (Wildman–Crippen MR) is 104 cm³/mol. The summed E-state index contributed by atoms with van der Waals surface area (Å²) < 4.78 is 5.68. The van der Waals surface area contributed by atoms with Gasteiger partial charge in [0.2, 0.25) is 0 Å². The van der Waals surface area contributed by atoms with Gasteiger partial charge in [-0.25, -0.2) is 0 Å². The number of carbonyl (C=O) groups excluding carboxylic acids is 1. The van der Waals surface area contributed by atoms with Crippen molar-refractivity contribution >= 4 is 11.8 Å². The van der Waals surface area contributed by atoms with Crippen LogP contribution >= 0.6 is 0 Å². The van der Waals surface area contributed by atoms with E-state index >= 15 is 0 Å². The van der Waals surface area contributed by atoms with E-state index in [0.29, 0.717) is 6.42 Å². The third-order valence-electron chi connectivity index (χ3n) is 5.74. The molecule has 140 valence electrons.